The highest BCUT2D eigenvalue weighted by Crippen LogP contribution is 2.27. The van der Waals surface area contributed by atoms with Gasteiger partial charge in [0.2, 0.25) is 10.0 Å². The van der Waals surface area contributed by atoms with Crippen LogP contribution in [0.25, 0.3) is 0 Å². The van der Waals surface area contributed by atoms with Crippen molar-refractivity contribution in [3.63, 3.8) is 0 Å². The van der Waals surface area contributed by atoms with Crippen molar-refractivity contribution in [3.05, 3.63) is 58.1 Å². The summed E-state index contributed by atoms with van der Waals surface area (Å²) in [5, 5.41) is 18.5. The lowest BCUT2D eigenvalue weighted by Crippen LogP contribution is -2.49. The Morgan fingerprint density at radius 3 is 2.23 bits per heavy atom. The molecule has 0 aliphatic carbocycles. The molecule has 0 spiro atoms. The van der Waals surface area contributed by atoms with Crippen LogP contribution in [0.4, 0.5) is 5.69 Å². The van der Waals surface area contributed by atoms with Gasteiger partial charge in [0.1, 0.15) is 12.1 Å². The summed E-state index contributed by atoms with van der Waals surface area (Å²) in [4.78, 5) is 2.05. The van der Waals surface area contributed by atoms with E-state index >= 15 is 0 Å². The number of hydrogen-bond acceptors (Lipinski definition) is 5. The highest BCUT2D eigenvalue weighted by Gasteiger charge is 2.30. The van der Waals surface area contributed by atoms with Crippen molar-refractivity contribution in [2.75, 3.05) is 31.1 Å². The van der Waals surface area contributed by atoms with Gasteiger partial charge in [-0.25, -0.2) is 8.42 Å². The summed E-state index contributed by atoms with van der Waals surface area (Å²) < 4.78 is 28.0. The zero-order chi connectivity index (χ0) is 18.7. The number of anilines is 1. The van der Waals surface area contributed by atoms with Crippen LogP contribution in [0.1, 0.15) is 11.1 Å². The van der Waals surface area contributed by atoms with E-state index in [1.165, 1.54) is 16.4 Å². The van der Waals surface area contributed by atoms with Gasteiger partial charge in [0.15, 0.2) is 0 Å². The number of benzene rings is 2. The first kappa shape index (κ1) is 18.4. The molecule has 1 heterocycles. The SMILES string of the molecule is N#Cc1cc(Br)ccc1N1CCN(S(=O)(=O)c2ccccc2C#N)CC1. The normalized spacial score (nSPS) is 15.3. The number of nitrogens with zero attached hydrogens (tertiary/aromatic N) is 4. The van der Waals surface area contributed by atoms with Gasteiger partial charge in [-0.2, -0.15) is 14.8 Å². The first-order valence-corrected chi connectivity index (χ1v) is 10.1. The quantitative estimate of drug-likeness (QED) is 0.746. The largest absolute Gasteiger partial charge is 0.368 e. The second-order valence-corrected chi connectivity index (χ2v) is 8.59. The summed E-state index contributed by atoms with van der Waals surface area (Å²) in [6, 6.07) is 15.8. The van der Waals surface area contributed by atoms with E-state index in [0.29, 0.717) is 31.7 Å². The van der Waals surface area contributed by atoms with Gasteiger partial charge in [-0.05, 0) is 30.3 Å². The van der Waals surface area contributed by atoms with E-state index in [1.54, 1.807) is 18.2 Å². The van der Waals surface area contributed by atoms with E-state index in [-0.39, 0.29) is 10.5 Å². The molecule has 0 amide bonds. The lowest BCUT2D eigenvalue weighted by atomic mass is 10.1. The standard InChI is InChI=1S/C18H15BrN4O2S/c19-16-5-6-17(15(11-16)13-21)22-7-9-23(10-8-22)26(24,25)18-4-2-1-3-14(18)12-20/h1-6,11H,7-10H2. The molecule has 0 saturated carbocycles. The van der Waals surface area contributed by atoms with Gasteiger partial charge in [0.05, 0.1) is 21.7 Å². The summed E-state index contributed by atoms with van der Waals surface area (Å²) in [7, 11) is -3.72. The number of halogens is 1. The zero-order valence-corrected chi connectivity index (χ0v) is 16.2. The summed E-state index contributed by atoms with van der Waals surface area (Å²) in [6.45, 7) is 1.54. The van der Waals surface area contributed by atoms with Crippen molar-refractivity contribution in [2.24, 2.45) is 0 Å². The van der Waals surface area contributed by atoms with Crippen molar-refractivity contribution < 1.29 is 8.42 Å². The molecule has 1 fully saturated rings. The van der Waals surface area contributed by atoms with Crippen LogP contribution in [0.3, 0.4) is 0 Å². The highest BCUT2D eigenvalue weighted by molar-refractivity contribution is 9.10. The lowest BCUT2D eigenvalue weighted by Gasteiger charge is -2.35. The van der Waals surface area contributed by atoms with Crippen LogP contribution in [0.15, 0.2) is 51.8 Å². The van der Waals surface area contributed by atoms with Crippen molar-refractivity contribution in [2.45, 2.75) is 4.90 Å². The molecular weight excluding hydrogens is 416 g/mol. The number of hydrogen-bond donors (Lipinski definition) is 0. The zero-order valence-electron chi connectivity index (χ0n) is 13.8. The summed E-state index contributed by atoms with van der Waals surface area (Å²) in [5.41, 5.74) is 1.49. The third kappa shape index (κ3) is 3.45. The second-order valence-electron chi connectivity index (χ2n) is 5.77. The maximum Gasteiger partial charge on any atom is 0.244 e. The lowest BCUT2D eigenvalue weighted by molar-refractivity contribution is 0.385. The molecule has 2 aromatic rings. The molecule has 8 heteroatoms. The molecule has 26 heavy (non-hydrogen) atoms. The van der Waals surface area contributed by atoms with Gasteiger partial charge in [0.25, 0.3) is 0 Å². The first-order valence-electron chi connectivity index (χ1n) is 7.91. The summed E-state index contributed by atoms with van der Waals surface area (Å²) in [6.07, 6.45) is 0. The van der Waals surface area contributed by atoms with Crippen LogP contribution in [0, 0.1) is 22.7 Å². The Morgan fingerprint density at radius 2 is 1.58 bits per heavy atom. The van der Waals surface area contributed by atoms with E-state index < -0.39 is 10.0 Å². The van der Waals surface area contributed by atoms with E-state index in [9.17, 15) is 18.9 Å². The van der Waals surface area contributed by atoms with Crippen molar-refractivity contribution in [1.82, 2.24) is 4.31 Å². The van der Waals surface area contributed by atoms with Gasteiger partial charge in [-0.3, -0.25) is 0 Å². The molecule has 0 N–H and O–H groups in total. The number of nitriles is 2. The van der Waals surface area contributed by atoms with E-state index in [0.717, 1.165) is 10.2 Å². The molecule has 0 aromatic heterocycles. The molecule has 0 unspecified atom stereocenters. The average molecular weight is 431 g/mol. The Hall–Kier alpha value is -2.39. The van der Waals surface area contributed by atoms with Crippen molar-refractivity contribution in [3.8, 4) is 12.1 Å². The van der Waals surface area contributed by atoms with Crippen LogP contribution < -0.4 is 4.90 Å². The molecule has 0 bridgehead atoms. The number of sulfonamides is 1. The number of rotatable bonds is 3. The third-order valence-electron chi connectivity index (χ3n) is 4.28. The van der Waals surface area contributed by atoms with Crippen LogP contribution in [-0.4, -0.2) is 38.9 Å². The van der Waals surface area contributed by atoms with Crippen LogP contribution in [0.5, 0.6) is 0 Å². The molecule has 1 aliphatic heterocycles. The third-order valence-corrected chi connectivity index (χ3v) is 6.73. The van der Waals surface area contributed by atoms with Crippen LogP contribution in [-0.2, 0) is 10.0 Å². The Labute approximate surface area is 161 Å². The van der Waals surface area contributed by atoms with E-state index in [1.807, 2.05) is 23.1 Å². The molecule has 6 nitrogen and oxygen atoms in total. The fraction of sp³-hybridized carbons (Fsp3) is 0.222. The maximum atomic E-state index is 12.9. The van der Waals surface area contributed by atoms with Crippen molar-refractivity contribution in [1.29, 1.82) is 10.5 Å². The predicted molar refractivity (Wildman–Crippen MR) is 101 cm³/mol. The Morgan fingerprint density at radius 1 is 0.923 bits per heavy atom. The molecule has 1 saturated heterocycles. The molecule has 0 atom stereocenters. The molecule has 1 aliphatic rings. The van der Waals surface area contributed by atoms with Crippen molar-refractivity contribution >= 4 is 31.6 Å². The van der Waals surface area contributed by atoms with Gasteiger partial charge >= 0.3 is 0 Å². The van der Waals surface area contributed by atoms with Crippen LogP contribution >= 0.6 is 15.9 Å². The summed E-state index contributed by atoms with van der Waals surface area (Å²) in [5.74, 6) is 0. The van der Waals surface area contributed by atoms with Gasteiger partial charge in [-0.15, -0.1) is 0 Å². The second kappa shape index (κ2) is 7.46. The molecule has 132 valence electrons. The minimum atomic E-state index is -3.72. The topological polar surface area (TPSA) is 88.2 Å². The predicted octanol–water partition coefficient (Wildman–Crippen LogP) is 2.70. The molecule has 0 radical (unpaired) electrons. The Balaban J connectivity index is 1.81. The van der Waals surface area contributed by atoms with Gasteiger partial charge < -0.3 is 4.90 Å². The van der Waals surface area contributed by atoms with E-state index in [2.05, 4.69) is 22.0 Å². The highest BCUT2D eigenvalue weighted by atomic mass is 79.9. The first-order chi connectivity index (χ1) is 12.5. The Bertz CT molecular complexity index is 1020. The smallest absolute Gasteiger partial charge is 0.244 e. The van der Waals surface area contributed by atoms with Gasteiger partial charge in [-0.1, -0.05) is 28.1 Å². The van der Waals surface area contributed by atoms with Crippen LogP contribution in [0.2, 0.25) is 0 Å². The Kier molecular flexibility index (Phi) is 5.28. The fourth-order valence-electron chi connectivity index (χ4n) is 2.97. The average Bonchev–Trinajstić information content (AvgIpc) is 2.68. The molecule has 3 rings (SSSR count). The minimum absolute atomic E-state index is 0.0392. The van der Waals surface area contributed by atoms with Gasteiger partial charge in [0, 0.05) is 30.7 Å². The molecule has 2 aromatic carbocycles. The summed E-state index contributed by atoms with van der Waals surface area (Å²) >= 11 is 3.35. The maximum absolute atomic E-state index is 12.9. The monoisotopic (exact) mass is 430 g/mol. The molecular formula is C18H15BrN4O2S. The minimum Gasteiger partial charge on any atom is -0.368 e. The number of piperazine rings is 1. The van der Waals surface area contributed by atoms with E-state index in [4.69, 9.17) is 0 Å². The fourth-order valence-corrected chi connectivity index (χ4v) is 4.89.